The van der Waals surface area contributed by atoms with Crippen LogP contribution in [0.2, 0.25) is 0 Å². The summed E-state index contributed by atoms with van der Waals surface area (Å²) in [6.07, 6.45) is 1.02. The maximum Gasteiger partial charge on any atom is 0.268 e. The van der Waals surface area contributed by atoms with Crippen LogP contribution in [0.4, 0.5) is 5.69 Å². The number of aromatic amines is 1. The van der Waals surface area contributed by atoms with Crippen molar-refractivity contribution in [3.63, 3.8) is 0 Å². The van der Waals surface area contributed by atoms with Gasteiger partial charge in [0, 0.05) is 11.5 Å². The third kappa shape index (κ3) is 4.35. The zero-order chi connectivity index (χ0) is 19.6. The Morgan fingerprint density at radius 2 is 1.78 bits per heavy atom. The number of fused-ring (bicyclic) bond motifs is 1. The third-order valence-electron chi connectivity index (χ3n) is 4.05. The molecule has 2 aromatic carbocycles. The van der Waals surface area contributed by atoms with Crippen LogP contribution in [0.15, 0.2) is 59.4 Å². The van der Waals surface area contributed by atoms with Crippen molar-refractivity contribution in [1.29, 1.82) is 0 Å². The molecule has 0 fully saturated rings. The number of H-pyrrole nitrogens is 1. The highest BCUT2D eigenvalue weighted by atomic mass is 32.2. The molecule has 7 nitrogen and oxygen atoms in total. The van der Waals surface area contributed by atoms with Gasteiger partial charge < -0.3 is 10.3 Å². The predicted octanol–water partition coefficient (Wildman–Crippen LogP) is 2.39. The van der Waals surface area contributed by atoms with Gasteiger partial charge in [0.2, 0.25) is 10.0 Å². The number of pyridine rings is 1. The first-order chi connectivity index (χ1) is 12.7. The first kappa shape index (κ1) is 18.7. The first-order valence-electron chi connectivity index (χ1n) is 8.24. The molecule has 0 unspecified atom stereocenters. The van der Waals surface area contributed by atoms with E-state index in [-0.39, 0.29) is 33.8 Å². The summed E-state index contributed by atoms with van der Waals surface area (Å²) in [7, 11) is -3.54. The Morgan fingerprint density at radius 1 is 1.07 bits per heavy atom. The minimum Gasteiger partial charge on any atom is -0.349 e. The van der Waals surface area contributed by atoms with E-state index in [2.05, 4.69) is 15.0 Å². The molecule has 0 radical (unpaired) electrons. The lowest BCUT2D eigenvalue weighted by Gasteiger charge is -2.15. The molecule has 1 amide bonds. The molecule has 1 atom stereocenters. The monoisotopic (exact) mass is 385 g/mol. The van der Waals surface area contributed by atoms with E-state index in [0.717, 1.165) is 11.8 Å². The van der Waals surface area contributed by atoms with Crippen molar-refractivity contribution >= 4 is 32.5 Å². The predicted molar refractivity (Wildman–Crippen MR) is 105 cm³/mol. The van der Waals surface area contributed by atoms with Crippen molar-refractivity contribution < 1.29 is 13.2 Å². The number of hydrogen-bond acceptors (Lipinski definition) is 4. The first-order valence-corrected chi connectivity index (χ1v) is 10.1. The molecule has 0 saturated heterocycles. The van der Waals surface area contributed by atoms with Crippen molar-refractivity contribution in [2.75, 3.05) is 11.0 Å². The van der Waals surface area contributed by atoms with E-state index in [1.807, 2.05) is 37.3 Å². The van der Waals surface area contributed by atoms with Crippen LogP contribution in [-0.4, -0.2) is 25.6 Å². The molecule has 0 aliphatic rings. The van der Waals surface area contributed by atoms with Crippen molar-refractivity contribution in [3.8, 4) is 0 Å². The van der Waals surface area contributed by atoms with Crippen LogP contribution < -0.4 is 15.5 Å². The molecule has 0 saturated carbocycles. The normalized spacial score (nSPS) is 12.5. The summed E-state index contributed by atoms with van der Waals surface area (Å²) in [6.45, 7) is 1.84. The lowest BCUT2D eigenvalue weighted by atomic mass is 10.1. The summed E-state index contributed by atoms with van der Waals surface area (Å²) in [4.78, 5) is 27.9. The van der Waals surface area contributed by atoms with Gasteiger partial charge in [-0.05, 0) is 24.6 Å². The van der Waals surface area contributed by atoms with Crippen LogP contribution in [0.3, 0.4) is 0 Å². The number of sulfonamides is 1. The van der Waals surface area contributed by atoms with Crippen LogP contribution in [0, 0.1) is 0 Å². The van der Waals surface area contributed by atoms with Gasteiger partial charge in [-0.25, -0.2) is 8.42 Å². The van der Waals surface area contributed by atoms with Crippen LogP contribution in [0.5, 0.6) is 0 Å². The number of benzene rings is 2. The van der Waals surface area contributed by atoms with Gasteiger partial charge in [-0.3, -0.25) is 14.3 Å². The number of carbonyl (C=O) groups is 1. The average molecular weight is 385 g/mol. The van der Waals surface area contributed by atoms with Gasteiger partial charge in [-0.2, -0.15) is 0 Å². The minimum absolute atomic E-state index is 0.0537. The quantitative estimate of drug-likeness (QED) is 0.627. The molecule has 0 spiro atoms. The van der Waals surface area contributed by atoms with Crippen LogP contribution in [-0.2, 0) is 10.0 Å². The maximum absolute atomic E-state index is 12.6. The number of anilines is 1. The van der Waals surface area contributed by atoms with E-state index in [1.165, 1.54) is 12.1 Å². The fourth-order valence-corrected chi connectivity index (χ4v) is 3.35. The van der Waals surface area contributed by atoms with Crippen LogP contribution >= 0.6 is 0 Å². The second kappa shape index (κ2) is 7.24. The van der Waals surface area contributed by atoms with Gasteiger partial charge in [0.25, 0.3) is 5.91 Å². The van der Waals surface area contributed by atoms with Crippen molar-refractivity contribution in [1.82, 2.24) is 10.3 Å². The molecular formula is C19H19N3O4S. The highest BCUT2D eigenvalue weighted by Gasteiger charge is 2.15. The number of carbonyl (C=O) groups excluding carboxylic acids is 1. The summed E-state index contributed by atoms with van der Waals surface area (Å²) >= 11 is 0. The smallest absolute Gasteiger partial charge is 0.268 e. The van der Waals surface area contributed by atoms with Crippen LogP contribution in [0.25, 0.3) is 10.9 Å². The average Bonchev–Trinajstić information content (AvgIpc) is 2.61. The van der Waals surface area contributed by atoms with E-state index >= 15 is 0 Å². The molecule has 1 heterocycles. The van der Waals surface area contributed by atoms with E-state index in [4.69, 9.17) is 0 Å². The Morgan fingerprint density at radius 3 is 2.44 bits per heavy atom. The van der Waals surface area contributed by atoms with Gasteiger partial charge in [-0.15, -0.1) is 0 Å². The van der Waals surface area contributed by atoms with E-state index in [0.29, 0.717) is 0 Å². The molecule has 27 heavy (non-hydrogen) atoms. The summed E-state index contributed by atoms with van der Waals surface area (Å²) in [5, 5.41) is 3.11. The van der Waals surface area contributed by atoms with Crippen LogP contribution in [0.1, 0.15) is 29.0 Å². The second-order valence-electron chi connectivity index (χ2n) is 6.26. The van der Waals surface area contributed by atoms with Gasteiger partial charge in [0.15, 0.2) is 5.43 Å². The third-order valence-corrected chi connectivity index (χ3v) is 4.64. The highest BCUT2D eigenvalue weighted by Crippen LogP contribution is 2.20. The van der Waals surface area contributed by atoms with Crippen molar-refractivity contribution in [3.05, 3.63) is 76.1 Å². The zero-order valence-electron chi connectivity index (χ0n) is 14.8. The standard InChI is InChI=1S/C19H19N3O4S/c1-12(13-7-4-3-5-8-13)20-19(24)16-11-17(23)14-9-6-10-15(18(14)21-16)22-27(2,25)26/h3-12,22H,1-2H3,(H,20,24)(H,21,23)/t12-/m1/s1. The Labute approximate surface area is 156 Å². The fourth-order valence-electron chi connectivity index (χ4n) is 2.78. The number of amides is 1. The van der Waals surface area contributed by atoms with Gasteiger partial charge >= 0.3 is 0 Å². The molecule has 3 rings (SSSR count). The van der Waals surface area contributed by atoms with Gasteiger partial charge in [-0.1, -0.05) is 36.4 Å². The highest BCUT2D eigenvalue weighted by molar-refractivity contribution is 7.92. The summed E-state index contributed by atoms with van der Waals surface area (Å²) in [5.74, 6) is -0.459. The zero-order valence-corrected chi connectivity index (χ0v) is 15.6. The Kier molecular flexibility index (Phi) is 5.00. The molecule has 3 N–H and O–H groups in total. The van der Waals surface area contributed by atoms with E-state index in [1.54, 1.807) is 12.1 Å². The lowest BCUT2D eigenvalue weighted by Crippen LogP contribution is -2.28. The summed E-state index contributed by atoms with van der Waals surface area (Å²) in [6, 6.07) is 15.0. The lowest BCUT2D eigenvalue weighted by molar-refractivity contribution is 0.0935. The minimum atomic E-state index is -3.54. The fraction of sp³-hybridized carbons (Fsp3) is 0.158. The Bertz CT molecular complexity index is 1150. The Hall–Kier alpha value is -3.13. The van der Waals surface area contributed by atoms with Gasteiger partial charge in [0.1, 0.15) is 5.69 Å². The topological polar surface area (TPSA) is 108 Å². The van der Waals surface area contributed by atoms with Crippen molar-refractivity contribution in [2.24, 2.45) is 0 Å². The number of nitrogens with one attached hydrogen (secondary N) is 3. The molecule has 0 bridgehead atoms. The van der Waals surface area contributed by atoms with Crippen molar-refractivity contribution in [2.45, 2.75) is 13.0 Å². The number of aromatic nitrogens is 1. The van der Waals surface area contributed by atoms with E-state index in [9.17, 15) is 18.0 Å². The summed E-state index contributed by atoms with van der Waals surface area (Å²) in [5.41, 5.74) is 1.07. The number of para-hydroxylation sites is 1. The molecule has 140 valence electrons. The van der Waals surface area contributed by atoms with E-state index < -0.39 is 15.9 Å². The molecular weight excluding hydrogens is 366 g/mol. The SMILES string of the molecule is C[C@@H](NC(=O)c1cc(=O)c2cccc(NS(C)(=O)=O)c2[nH]1)c1ccccc1. The summed E-state index contributed by atoms with van der Waals surface area (Å²) < 4.78 is 25.5. The largest absolute Gasteiger partial charge is 0.349 e. The number of hydrogen-bond donors (Lipinski definition) is 3. The maximum atomic E-state index is 12.6. The second-order valence-corrected chi connectivity index (χ2v) is 8.00. The molecule has 8 heteroatoms. The Balaban J connectivity index is 1.98. The molecule has 0 aliphatic heterocycles. The number of rotatable bonds is 5. The molecule has 1 aromatic heterocycles. The molecule has 3 aromatic rings. The molecule has 0 aliphatic carbocycles. The van der Waals surface area contributed by atoms with Gasteiger partial charge in [0.05, 0.1) is 23.5 Å².